The van der Waals surface area contributed by atoms with Crippen LogP contribution in [0.4, 0.5) is 17.1 Å². The molecule has 0 bridgehead atoms. The van der Waals surface area contributed by atoms with Crippen LogP contribution in [0.15, 0.2) is 224 Å². The van der Waals surface area contributed by atoms with Gasteiger partial charge >= 0.3 is 0 Å². The number of nitrogens with two attached hydrogens (primary N) is 1. The first-order valence-electron chi connectivity index (χ1n) is 19.2. The fourth-order valence-electron chi connectivity index (χ4n) is 7.22. The Morgan fingerprint density at radius 1 is 0.439 bits per heavy atom. The third kappa shape index (κ3) is 8.29. The minimum atomic E-state index is 0.418. The molecule has 57 heavy (non-hydrogen) atoms. The van der Waals surface area contributed by atoms with E-state index in [9.17, 15) is 0 Å². The van der Waals surface area contributed by atoms with E-state index < -0.39 is 0 Å². The van der Waals surface area contributed by atoms with Gasteiger partial charge in [-0.2, -0.15) is 0 Å². The lowest BCUT2D eigenvalue weighted by Crippen LogP contribution is -2.10. The van der Waals surface area contributed by atoms with Crippen molar-refractivity contribution in [3.8, 4) is 22.3 Å². The Balaban J connectivity index is 0.000000184. The number of fused-ring (bicyclic) bond motifs is 2. The van der Waals surface area contributed by atoms with E-state index in [4.69, 9.17) is 11.1 Å². The van der Waals surface area contributed by atoms with E-state index >= 15 is 0 Å². The average Bonchev–Trinajstić information content (AvgIpc) is 3.28. The van der Waals surface area contributed by atoms with Crippen molar-refractivity contribution in [2.24, 2.45) is 5.73 Å². The van der Waals surface area contributed by atoms with Gasteiger partial charge < -0.3 is 16.0 Å². The van der Waals surface area contributed by atoms with E-state index in [1.54, 1.807) is 6.08 Å². The van der Waals surface area contributed by atoms with Crippen molar-refractivity contribution in [2.45, 2.75) is 6.92 Å². The number of nitrogens with zero attached hydrogens (tertiary/aromatic N) is 1. The summed E-state index contributed by atoms with van der Waals surface area (Å²) in [6.45, 7) is 2.12. The molecule has 3 N–H and O–H groups in total. The summed E-state index contributed by atoms with van der Waals surface area (Å²) < 4.78 is 0. The van der Waals surface area contributed by atoms with Gasteiger partial charge in [-0.1, -0.05) is 194 Å². The normalized spacial score (nSPS) is 11.1. The second-order valence-corrected chi connectivity index (χ2v) is 14.1. The van der Waals surface area contributed by atoms with Crippen LogP contribution in [0, 0.1) is 12.3 Å². The first kappa shape index (κ1) is 36.5. The molecule has 0 unspecified atom stereocenters. The van der Waals surface area contributed by atoms with Gasteiger partial charge in [0.1, 0.15) is 0 Å². The van der Waals surface area contributed by atoms with Crippen LogP contribution in [0.5, 0.6) is 0 Å². The molecule has 0 aliphatic rings. The average molecular weight is 734 g/mol. The van der Waals surface area contributed by atoms with E-state index in [1.165, 1.54) is 44.3 Å². The van der Waals surface area contributed by atoms with E-state index in [1.807, 2.05) is 54.6 Å². The third-order valence-corrected chi connectivity index (χ3v) is 10.2. The molecule has 0 amide bonds. The Morgan fingerprint density at radius 2 is 0.877 bits per heavy atom. The zero-order valence-electron chi connectivity index (χ0n) is 31.9. The van der Waals surface area contributed by atoms with Gasteiger partial charge in [0, 0.05) is 28.0 Å². The smallest absolute Gasteiger partial charge is 0.0632 e. The van der Waals surface area contributed by atoms with E-state index in [0.29, 0.717) is 11.4 Å². The predicted octanol–water partition coefficient (Wildman–Crippen LogP) is 14.2. The van der Waals surface area contributed by atoms with Crippen molar-refractivity contribution in [1.82, 2.24) is 0 Å². The molecule has 0 saturated carbocycles. The summed E-state index contributed by atoms with van der Waals surface area (Å²) >= 11 is 0. The van der Waals surface area contributed by atoms with Crippen molar-refractivity contribution in [3.05, 3.63) is 241 Å². The van der Waals surface area contributed by atoms with Gasteiger partial charge in [0.2, 0.25) is 0 Å². The number of hydrogen-bond acceptors (Lipinski definition) is 3. The Hall–Kier alpha value is -7.49. The van der Waals surface area contributed by atoms with Crippen LogP contribution in [0.3, 0.4) is 0 Å². The summed E-state index contributed by atoms with van der Waals surface area (Å²) in [5, 5.41) is 12.9. The van der Waals surface area contributed by atoms with Crippen LogP contribution in [-0.4, -0.2) is 5.71 Å². The number of hydrogen-bond donors (Lipinski definition) is 2. The maximum atomic E-state index is 8.16. The van der Waals surface area contributed by atoms with Crippen molar-refractivity contribution < 1.29 is 0 Å². The van der Waals surface area contributed by atoms with Crippen LogP contribution in [0.1, 0.15) is 16.7 Å². The lowest BCUT2D eigenvalue weighted by atomic mass is 10.0. The highest BCUT2D eigenvalue weighted by atomic mass is 15.1. The number of nitrogens with one attached hydrogen (secondary N) is 1. The van der Waals surface area contributed by atoms with Crippen LogP contribution in [0.2, 0.25) is 0 Å². The van der Waals surface area contributed by atoms with E-state index in [-0.39, 0.29) is 0 Å². The standard InChI is InChI=1S/C35H27N.C19H16N2/c1-26-14-16-28(17-15-26)30-20-24-33(25-21-30)36(35-13-7-11-31-10-5-6-12-34(31)35)32-22-18-29(19-23-32)27-8-3-2-4-9-27;20-18(15-8-2-1-3-9-15)13-19(21)17-12-6-10-14-7-4-5-11-16(14)17/h2-25H,1H3;1-13,20H,21H2/b;19-13-,20-18?. The fourth-order valence-corrected chi connectivity index (χ4v) is 7.22. The molecule has 0 fully saturated rings. The first-order chi connectivity index (χ1) is 28.0. The molecule has 3 heteroatoms. The highest BCUT2D eigenvalue weighted by Crippen LogP contribution is 2.40. The summed E-state index contributed by atoms with van der Waals surface area (Å²) in [5.41, 5.74) is 18.7. The molecule has 0 heterocycles. The summed E-state index contributed by atoms with van der Waals surface area (Å²) in [6, 6.07) is 75.9. The Kier molecular flexibility index (Phi) is 10.8. The highest BCUT2D eigenvalue weighted by Gasteiger charge is 2.16. The fraction of sp³-hybridized carbons (Fsp3) is 0.0185. The third-order valence-electron chi connectivity index (χ3n) is 10.2. The molecular weight excluding hydrogens is 691 g/mol. The van der Waals surface area contributed by atoms with Crippen LogP contribution < -0.4 is 10.6 Å². The molecule has 9 aromatic rings. The zero-order valence-corrected chi connectivity index (χ0v) is 31.9. The lowest BCUT2D eigenvalue weighted by Gasteiger charge is -2.27. The number of aryl methyl sites for hydroxylation is 1. The van der Waals surface area contributed by atoms with Gasteiger partial charge in [0.25, 0.3) is 0 Å². The molecule has 0 aliphatic heterocycles. The first-order valence-corrected chi connectivity index (χ1v) is 19.2. The SMILES string of the molecule is Cc1ccc(-c2ccc(N(c3ccc(-c4ccccc4)cc3)c3cccc4ccccc34)cc2)cc1.N=C(/C=C(\N)c1cccc2ccccc12)c1ccccc1. The van der Waals surface area contributed by atoms with E-state index in [2.05, 4.69) is 176 Å². The maximum Gasteiger partial charge on any atom is 0.0632 e. The molecule has 0 saturated heterocycles. The van der Waals surface area contributed by atoms with Gasteiger partial charge in [-0.3, -0.25) is 0 Å². The summed E-state index contributed by atoms with van der Waals surface area (Å²) in [4.78, 5) is 2.36. The predicted molar refractivity (Wildman–Crippen MR) is 244 cm³/mol. The number of allylic oxidation sites excluding steroid dienone is 1. The molecule has 0 spiro atoms. The molecule has 9 rings (SSSR count). The molecule has 0 radical (unpaired) electrons. The van der Waals surface area contributed by atoms with Crippen molar-refractivity contribution >= 4 is 50.0 Å². The molecule has 0 aliphatic carbocycles. The number of benzene rings is 9. The highest BCUT2D eigenvalue weighted by molar-refractivity contribution is 6.11. The van der Waals surface area contributed by atoms with Crippen LogP contribution in [0.25, 0.3) is 49.5 Å². The summed E-state index contributed by atoms with van der Waals surface area (Å²) in [7, 11) is 0. The van der Waals surface area contributed by atoms with Gasteiger partial charge in [0.15, 0.2) is 0 Å². The Labute approximate surface area is 335 Å². The summed E-state index contributed by atoms with van der Waals surface area (Å²) in [5.74, 6) is 0. The van der Waals surface area contributed by atoms with Crippen molar-refractivity contribution in [2.75, 3.05) is 4.90 Å². The molecule has 0 aromatic heterocycles. The van der Waals surface area contributed by atoms with Gasteiger partial charge in [0.05, 0.1) is 11.4 Å². The molecular formula is C54H43N3. The van der Waals surface area contributed by atoms with Crippen LogP contribution >= 0.6 is 0 Å². The molecule has 9 aromatic carbocycles. The largest absolute Gasteiger partial charge is 0.398 e. The molecule has 3 nitrogen and oxygen atoms in total. The van der Waals surface area contributed by atoms with Gasteiger partial charge in [-0.05, 0) is 87.3 Å². The van der Waals surface area contributed by atoms with Crippen molar-refractivity contribution in [1.29, 1.82) is 5.41 Å². The zero-order chi connectivity index (χ0) is 39.0. The summed E-state index contributed by atoms with van der Waals surface area (Å²) in [6.07, 6.45) is 1.72. The van der Waals surface area contributed by atoms with Crippen molar-refractivity contribution in [3.63, 3.8) is 0 Å². The minimum Gasteiger partial charge on any atom is -0.398 e. The van der Waals surface area contributed by atoms with Gasteiger partial charge in [-0.15, -0.1) is 0 Å². The number of anilines is 3. The minimum absolute atomic E-state index is 0.418. The molecule has 274 valence electrons. The Morgan fingerprint density at radius 3 is 1.47 bits per heavy atom. The number of rotatable bonds is 8. The molecule has 0 atom stereocenters. The second-order valence-electron chi connectivity index (χ2n) is 14.1. The van der Waals surface area contributed by atoms with Crippen LogP contribution in [-0.2, 0) is 0 Å². The quantitative estimate of drug-likeness (QED) is 0.153. The second kappa shape index (κ2) is 16.9. The lowest BCUT2D eigenvalue weighted by molar-refractivity contribution is 1.30. The van der Waals surface area contributed by atoms with Gasteiger partial charge in [-0.25, -0.2) is 0 Å². The maximum absolute atomic E-state index is 8.16. The van der Waals surface area contributed by atoms with E-state index in [0.717, 1.165) is 33.3 Å². The topological polar surface area (TPSA) is 53.1 Å². The monoisotopic (exact) mass is 733 g/mol. The Bertz CT molecular complexity index is 2780.